The first-order chi connectivity index (χ1) is 11.5. The van der Waals surface area contributed by atoms with Gasteiger partial charge in [0, 0.05) is 24.2 Å². The van der Waals surface area contributed by atoms with Crippen molar-refractivity contribution in [2.75, 3.05) is 25.5 Å². The normalized spacial score (nSPS) is 14.9. The summed E-state index contributed by atoms with van der Waals surface area (Å²) in [4.78, 5) is 34.0. The molecule has 1 saturated heterocycles. The van der Waals surface area contributed by atoms with Crippen molar-refractivity contribution in [3.8, 4) is 0 Å². The second-order valence-corrected chi connectivity index (χ2v) is 5.80. The summed E-state index contributed by atoms with van der Waals surface area (Å²) in [5.41, 5.74) is -0.0215. The molecular weight excluding hydrogens is 314 g/mol. The highest BCUT2D eigenvalue weighted by Crippen LogP contribution is 2.23. The number of nitrogens with one attached hydrogen (secondary N) is 2. The number of carbonyl (C=O) groups excluding carboxylic acids is 2. The van der Waals surface area contributed by atoms with Crippen LogP contribution in [0.15, 0.2) is 18.2 Å². The van der Waals surface area contributed by atoms with Gasteiger partial charge in [0.15, 0.2) is 0 Å². The van der Waals surface area contributed by atoms with Gasteiger partial charge in [-0.1, -0.05) is 0 Å². The zero-order valence-electron chi connectivity index (χ0n) is 13.5. The van der Waals surface area contributed by atoms with Gasteiger partial charge in [-0.15, -0.1) is 0 Å². The van der Waals surface area contributed by atoms with Crippen LogP contribution in [0.1, 0.15) is 36.0 Å². The third kappa shape index (κ3) is 5.02. The highest BCUT2D eigenvalue weighted by atomic mass is 16.6. The molecule has 24 heavy (non-hydrogen) atoms. The van der Waals surface area contributed by atoms with Crippen molar-refractivity contribution in [3.05, 3.63) is 33.9 Å². The van der Waals surface area contributed by atoms with E-state index in [1.165, 1.54) is 19.2 Å². The Bertz CT molecular complexity index is 626. The molecule has 1 fully saturated rings. The number of hydrogen-bond donors (Lipinski definition) is 2. The number of methoxy groups -OCH3 is 1. The summed E-state index contributed by atoms with van der Waals surface area (Å²) >= 11 is 0. The molecule has 8 nitrogen and oxygen atoms in total. The molecule has 1 aromatic carbocycles. The molecular formula is C16H21N3O5. The zero-order chi connectivity index (χ0) is 17.5. The Balaban J connectivity index is 2.01. The van der Waals surface area contributed by atoms with Gasteiger partial charge in [-0.25, -0.2) is 4.79 Å². The van der Waals surface area contributed by atoms with Gasteiger partial charge in [0.05, 0.1) is 17.6 Å². The van der Waals surface area contributed by atoms with E-state index in [0.29, 0.717) is 12.3 Å². The molecule has 0 bridgehead atoms. The lowest BCUT2D eigenvalue weighted by molar-refractivity contribution is -0.384. The molecule has 8 heteroatoms. The molecule has 2 N–H and O–H groups in total. The highest BCUT2D eigenvalue weighted by molar-refractivity contribution is 5.95. The average Bonchev–Trinajstić information content (AvgIpc) is 2.59. The van der Waals surface area contributed by atoms with Crippen LogP contribution >= 0.6 is 0 Å². The fraction of sp³-hybridized carbons (Fsp3) is 0.500. The molecule has 1 aliphatic rings. The lowest BCUT2D eigenvalue weighted by atomic mass is 9.93. The summed E-state index contributed by atoms with van der Waals surface area (Å²) < 4.78 is 4.58. The topological polar surface area (TPSA) is 111 Å². The number of amides is 1. The standard InChI is InChI=1S/C16H21N3O5/c1-24-16(21)12-8-13(10-14(9-12)19(22)23)18-15(20)3-2-11-4-6-17-7-5-11/h8-11,17H,2-7H2,1H3,(H,18,20). The predicted molar refractivity (Wildman–Crippen MR) is 87.9 cm³/mol. The fourth-order valence-electron chi connectivity index (χ4n) is 2.75. The maximum absolute atomic E-state index is 12.1. The first-order valence-corrected chi connectivity index (χ1v) is 7.88. The van der Waals surface area contributed by atoms with Gasteiger partial charge in [0.1, 0.15) is 0 Å². The van der Waals surface area contributed by atoms with Crippen molar-refractivity contribution in [2.24, 2.45) is 5.92 Å². The van der Waals surface area contributed by atoms with Crippen molar-refractivity contribution in [3.63, 3.8) is 0 Å². The Morgan fingerprint density at radius 3 is 2.67 bits per heavy atom. The molecule has 1 aliphatic heterocycles. The lowest BCUT2D eigenvalue weighted by Crippen LogP contribution is -2.28. The zero-order valence-corrected chi connectivity index (χ0v) is 13.5. The molecule has 0 aliphatic carbocycles. The van der Waals surface area contributed by atoms with E-state index in [9.17, 15) is 19.7 Å². The van der Waals surface area contributed by atoms with Crippen LogP contribution in [0, 0.1) is 16.0 Å². The van der Waals surface area contributed by atoms with Gasteiger partial charge in [0.25, 0.3) is 5.69 Å². The molecule has 1 amide bonds. The molecule has 0 unspecified atom stereocenters. The van der Waals surface area contributed by atoms with E-state index < -0.39 is 10.9 Å². The number of hydrogen-bond acceptors (Lipinski definition) is 6. The van der Waals surface area contributed by atoms with Crippen LogP contribution in [0.2, 0.25) is 0 Å². The van der Waals surface area contributed by atoms with E-state index in [1.807, 2.05) is 0 Å². The minimum absolute atomic E-state index is 0.0281. The third-order valence-electron chi connectivity index (χ3n) is 4.07. The molecule has 0 atom stereocenters. The number of rotatable bonds is 6. The first-order valence-electron chi connectivity index (χ1n) is 7.88. The Kier molecular flexibility index (Phi) is 6.25. The Morgan fingerprint density at radius 1 is 1.33 bits per heavy atom. The summed E-state index contributed by atoms with van der Waals surface area (Å²) in [6, 6.07) is 3.73. The number of esters is 1. The van der Waals surface area contributed by atoms with E-state index >= 15 is 0 Å². The number of benzene rings is 1. The number of nitro groups is 1. The van der Waals surface area contributed by atoms with Crippen molar-refractivity contribution in [1.82, 2.24) is 5.32 Å². The molecule has 1 aromatic rings. The molecule has 0 spiro atoms. The monoisotopic (exact) mass is 335 g/mol. The van der Waals surface area contributed by atoms with Crippen molar-refractivity contribution in [2.45, 2.75) is 25.7 Å². The van der Waals surface area contributed by atoms with Gasteiger partial charge in [-0.05, 0) is 44.3 Å². The van der Waals surface area contributed by atoms with Gasteiger partial charge < -0.3 is 15.4 Å². The summed E-state index contributed by atoms with van der Waals surface area (Å²) in [5.74, 6) is -0.388. The molecule has 0 saturated carbocycles. The van der Waals surface area contributed by atoms with E-state index in [0.717, 1.165) is 38.4 Å². The van der Waals surface area contributed by atoms with Gasteiger partial charge in [-0.3, -0.25) is 14.9 Å². The van der Waals surface area contributed by atoms with Crippen molar-refractivity contribution < 1.29 is 19.2 Å². The second kappa shape index (κ2) is 8.39. The maximum atomic E-state index is 12.1. The Labute approximate surface area is 139 Å². The lowest BCUT2D eigenvalue weighted by Gasteiger charge is -2.22. The summed E-state index contributed by atoms with van der Waals surface area (Å²) in [6.45, 7) is 1.94. The maximum Gasteiger partial charge on any atom is 0.338 e. The highest BCUT2D eigenvalue weighted by Gasteiger charge is 2.17. The van der Waals surface area contributed by atoms with Crippen molar-refractivity contribution in [1.29, 1.82) is 0 Å². The van der Waals surface area contributed by atoms with E-state index in [4.69, 9.17) is 0 Å². The second-order valence-electron chi connectivity index (χ2n) is 5.80. The molecule has 0 radical (unpaired) electrons. The first kappa shape index (κ1) is 17.9. The van der Waals surface area contributed by atoms with Crippen LogP contribution in [0.4, 0.5) is 11.4 Å². The van der Waals surface area contributed by atoms with E-state index in [1.54, 1.807) is 0 Å². The minimum Gasteiger partial charge on any atom is -0.465 e. The minimum atomic E-state index is -0.691. The Hall–Kier alpha value is -2.48. The number of piperidine rings is 1. The van der Waals surface area contributed by atoms with E-state index in [2.05, 4.69) is 15.4 Å². The van der Waals surface area contributed by atoms with Crippen LogP contribution in [0.5, 0.6) is 0 Å². The van der Waals surface area contributed by atoms with Crippen LogP contribution in [0.25, 0.3) is 0 Å². The quantitative estimate of drug-likeness (QED) is 0.468. The van der Waals surface area contributed by atoms with E-state index in [-0.39, 0.29) is 22.8 Å². The molecule has 130 valence electrons. The number of anilines is 1. The van der Waals surface area contributed by atoms with Crippen LogP contribution in [0.3, 0.4) is 0 Å². The van der Waals surface area contributed by atoms with Gasteiger partial charge in [0.2, 0.25) is 5.91 Å². The molecule has 1 heterocycles. The molecule has 0 aromatic heterocycles. The smallest absolute Gasteiger partial charge is 0.338 e. The number of carbonyl (C=O) groups is 2. The third-order valence-corrected chi connectivity index (χ3v) is 4.07. The number of non-ortho nitro benzene ring substituents is 1. The van der Waals surface area contributed by atoms with Crippen LogP contribution < -0.4 is 10.6 Å². The SMILES string of the molecule is COC(=O)c1cc(NC(=O)CCC2CCNCC2)cc([N+](=O)[O-])c1. The summed E-state index contributed by atoms with van der Waals surface area (Å²) in [6.07, 6.45) is 3.24. The number of nitrogens with zero attached hydrogens (tertiary/aromatic N) is 1. The van der Waals surface area contributed by atoms with Gasteiger partial charge >= 0.3 is 5.97 Å². The predicted octanol–water partition coefficient (Wildman–Crippen LogP) is 2.10. The Morgan fingerprint density at radius 2 is 2.04 bits per heavy atom. The number of nitro benzene ring substituents is 1. The summed E-state index contributed by atoms with van der Waals surface area (Å²) in [7, 11) is 1.19. The summed E-state index contributed by atoms with van der Waals surface area (Å²) in [5, 5.41) is 16.9. The largest absolute Gasteiger partial charge is 0.465 e. The average molecular weight is 335 g/mol. The van der Waals surface area contributed by atoms with Crippen LogP contribution in [-0.2, 0) is 9.53 Å². The van der Waals surface area contributed by atoms with Crippen LogP contribution in [-0.4, -0.2) is 37.0 Å². The fourth-order valence-corrected chi connectivity index (χ4v) is 2.75. The van der Waals surface area contributed by atoms with Crippen molar-refractivity contribution >= 4 is 23.3 Å². The van der Waals surface area contributed by atoms with Gasteiger partial charge in [-0.2, -0.15) is 0 Å². The number of ether oxygens (including phenoxy) is 1. The molecule has 2 rings (SSSR count).